The molecule has 1 unspecified atom stereocenters. The van der Waals surface area contributed by atoms with Crippen molar-refractivity contribution in [1.82, 2.24) is 0 Å². The predicted molar refractivity (Wildman–Crippen MR) is 118 cm³/mol. The first kappa shape index (κ1) is 28.3. The lowest BCUT2D eigenvalue weighted by Crippen LogP contribution is -2.41. The van der Waals surface area contributed by atoms with Crippen LogP contribution < -0.4 is 0 Å². The molecular weight excluding hydrogens is 474 g/mol. The number of carbonyl (C=O) groups excluding carboxylic acids is 2. The van der Waals surface area contributed by atoms with Crippen LogP contribution in [0.2, 0.25) is 0 Å². The number of benzene rings is 1. The van der Waals surface area contributed by atoms with Gasteiger partial charge in [-0.25, -0.2) is 4.79 Å². The minimum Gasteiger partial charge on any atom is -0.459 e. The van der Waals surface area contributed by atoms with Crippen LogP contribution >= 0.6 is 0 Å². The molecule has 1 aliphatic rings. The number of esters is 2. The van der Waals surface area contributed by atoms with Crippen LogP contribution in [0.15, 0.2) is 12.1 Å². The third kappa shape index (κ3) is 7.79. The second kappa shape index (κ2) is 11.7. The summed E-state index contributed by atoms with van der Waals surface area (Å²) in [6.07, 6.45) is -7.90. The number of halogens is 3. The molecule has 2 rings (SSSR count). The van der Waals surface area contributed by atoms with Gasteiger partial charge >= 0.3 is 18.1 Å². The molecule has 1 atom stereocenters. The molecule has 0 bridgehead atoms. The molecule has 1 N–H and O–H groups in total. The molecule has 1 saturated carbocycles. The summed E-state index contributed by atoms with van der Waals surface area (Å²) in [4.78, 5) is 24.9. The first-order valence-corrected chi connectivity index (χ1v) is 12.1. The van der Waals surface area contributed by atoms with E-state index in [2.05, 4.69) is 4.74 Å². The molecule has 6 radical (unpaired) electrons. The Labute approximate surface area is 200 Å². The van der Waals surface area contributed by atoms with Gasteiger partial charge in [0.2, 0.25) is 6.10 Å². The highest BCUT2D eigenvalue weighted by atomic mass is 32.2. The summed E-state index contributed by atoms with van der Waals surface area (Å²) < 4.78 is 79.2. The average molecular weight is 496 g/mol. The fraction of sp³-hybridized carbons (Fsp3) is 0.600. The number of carbonyl (C=O) groups is 2. The minimum atomic E-state index is -5.17. The fourth-order valence-corrected chi connectivity index (χ4v) is 4.42. The summed E-state index contributed by atoms with van der Waals surface area (Å²) in [6, 6.07) is 3.32. The summed E-state index contributed by atoms with van der Waals surface area (Å²) in [5.41, 5.74) is 2.08. The van der Waals surface area contributed by atoms with E-state index < -0.39 is 52.1 Å². The van der Waals surface area contributed by atoms with Crippen LogP contribution in [-0.4, -0.2) is 72.6 Å². The molecule has 180 valence electrons. The van der Waals surface area contributed by atoms with E-state index in [1.165, 1.54) is 0 Å². The summed E-state index contributed by atoms with van der Waals surface area (Å²) in [6.45, 7) is 0. The molecule has 1 aromatic carbocycles. The highest BCUT2D eigenvalue weighted by Crippen LogP contribution is 2.31. The van der Waals surface area contributed by atoms with Gasteiger partial charge in [-0.2, -0.15) is 21.6 Å². The van der Waals surface area contributed by atoms with Gasteiger partial charge in [0.15, 0.2) is 0 Å². The second-order valence-electron chi connectivity index (χ2n) is 7.99. The van der Waals surface area contributed by atoms with Crippen LogP contribution in [0.1, 0.15) is 52.7 Å². The average Bonchev–Trinajstić information content (AvgIpc) is 2.76. The maximum atomic E-state index is 13.0. The van der Waals surface area contributed by atoms with E-state index in [4.69, 9.17) is 32.8 Å². The van der Waals surface area contributed by atoms with Crippen LogP contribution in [0.5, 0.6) is 0 Å². The molecule has 0 aromatic heterocycles. The van der Waals surface area contributed by atoms with Crippen molar-refractivity contribution < 1.29 is 45.2 Å². The van der Waals surface area contributed by atoms with Crippen molar-refractivity contribution >= 4 is 45.6 Å². The maximum absolute atomic E-state index is 13.0. The van der Waals surface area contributed by atoms with Crippen molar-refractivity contribution in [3.63, 3.8) is 0 Å². The van der Waals surface area contributed by atoms with Crippen molar-refractivity contribution in [1.29, 1.82) is 0 Å². The Morgan fingerprint density at radius 1 is 1.06 bits per heavy atom. The van der Waals surface area contributed by atoms with Crippen molar-refractivity contribution in [2.24, 2.45) is 5.92 Å². The van der Waals surface area contributed by atoms with Crippen molar-refractivity contribution in [3.05, 3.63) is 34.4 Å². The highest BCUT2D eigenvalue weighted by Gasteiger charge is 2.46. The van der Waals surface area contributed by atoms with Gasteiger partial charge in [-0.15, -0.1) is 0 Å². The lowest BCUT2D eigenvalue weighted by Gasteiger charge is -2.29. The third-order valence-corrected chi connectivity index (χ3v) is 6.27. The Morgan fingerprint density at radius 2 is 1.68 bits per heavy atom. The summed E-state index contributed by atoms with van der Waals surface area (Å²) in [5.74, 6) is -4.61. The molecule has 0 saturated heterocycles. The SMILES string of the molecule is [B]Cc1cc(C[B])c(C[B])c(C(=O)OC2CCC(C(=O)OC(CS(=O)(=O)O)C(F)(F)F)CC2)c1. The van der Waals surface area contributed by atoms with Crippen LogP contribution in [0.3, 0.4) is 0 Å². The first-order valence-electron chi connectivity index (χ1n) is 10.5. The van der Waals surface area contributed by atoms with E-state index in [1.807, 2.05) is 0 Å². The van der Waals surface area contributed by atoms with Crippen molar-refractivity contribution in [2.75, 3.05) is 5.75 Å². The molecule has 14 heteroatoms. The van der Waals surface area contributed by atoms with Crippen LogP contribution in [0, 0.1) is 5.92 Å². The van der Waals surface area contributed by atoms with Gasteiger partial charge in [-0.3, -0.25) is 9.35 Å². The molecule has 0 aliphatic heterocycles. The molecule has 1 aliphatic carbocycles. The largest absolute Gasteiger partial charge is 0.459 e. The highest BCUT2D eigenvalue weighted by molar-refractivity contribution is 7.85. The quantitative estimate of drug-likeness (QED) is 0.316. The number of hydrogen-bond acceptors (Lipinski definition) is 6. The van der Waals surface area contributed by atoms with Crippen LogP contribution in [0.4, 0.5) is 13.2 Å². The lowest BCUT2D eigenvalue weighted by atomic mass is 9.81. The van der Waals surface area contributed by atoms with E-state index in [9.17, 15) is 31.2 Å². The number of rotatable bonds is 9. The first-order chi connectivity index (χ1) is 15.8. The Bertz CT molecular complexity index is 994. The van der Waals surface area contributed by atoms with Crippen molar-refractivity contribution in [2.45, 2.75) is 63.0 Å². The molecule has 0 amide bonds. The Balaban J connectivity index is 2.01. The van der Waals surface area contributed by atoms with Gasteiger partial charge in [-0.1, -0.05) is 36.2 Å². The lowest BCUT2D eigenvalue weighted by molar-refractivity contribution is -0.218. The zero-order chi connectivity index (χ0) is 25.7. The molecule has 1 fully saturated rings. The van der Waals surface area contributed by atoms with Crippen molar-refractivity contribution in [3.8, 4) is 0 Å². The van der Waals surface area contributed by atoms with Gasteiger partial charge in [0.25, 0.3) is 10.1 Å². The van der Waals surface area contributed by atoms with E-state index in [1.54, 1.807) is 12.1 Å². The van der Waals surface area contributed by atoms with E-state index >= 15 is 0 Å². The van der Waals surface area contributed by atoms with E-state index in [-0.39, 0.29) is 50.2 Å². The topological polar surface area (TPSA) is 107 Å². The summed E-state index contributed by atoms with van der Waals surface area (Å²) >= 11 is 0. The second-order valence-corrected chi connectivity index (χ2v) is 9.49. The van der Waals surface area contributed by atoms with Gasteiger partial charge < -0.3 is 9.47 Å². The number of hydrogen-bond donors (Lipinski definition) is 1. The van der Waals surface area contributed by atoms with Gasteiger partial charge in [-0.05, 0) is 37.3 Å². The predicted octanol–water partition coefficient (Wildman–Crippen LogP) is 1.77. The monoisotopic (exact) mass is 496 g/mol. The molecule has 7 nitrogen and oxygen atoms in total. The molecular formula is C20H22B3F3O7S. The van der Waals surface area contributed by atoms with Gasteiger partial charge in [0.1, 0.15) is 11.9 Å². The van der Waals surface area contributed by atoms with Gasteiger partial charge in [0, 0.05) is 0 Å². The normalized spacial score (nSPS) is 19.9. The van der Waals surface area contributed by atoms with Gasteiger partial charge in [0.05, 0.1) is 35.0 Å². The molecule has 0 heterocycles. The fourth-order valence-electron chi connectivity index (χ4n) is 3.78. The van der Waals surface area contributed by atoms with E-state index in [0.29, 0.717) is 16.7 Å². The summed E-state index contributed by atoms with van der Waals surface area (Å²) in [5, 5.41) is 0. The number of alkyl halides is 3. The number of ether oxygens (including phenoxy) is 2. The minimum absolute atomic E-state index is 0.0460. The Kier molecular flexibility index (Phi) is 9.70. The maximum Gasteiger partial charge on any atom is 0.426 e. The standard InChI is InChI=1S/C20H22B3F3O7S/c21-7-11-5-13(8-22)16(9-23)15(6-11)19(28)32-14-3-1-12(2-4-14)18(27)33-17(20(24,25)26)10-34(29,30)31/h5-6,12,14,17H,1-4,7-10H2,(H,29,30,31). The molecule has 34 heavy (non-hydrogen) atoms. The van der Waals surface area contributed by atoms with Crippen LogP contribution in [-0.2, 0) is 43.3 Å². The molecule has 0 spiro atoms. The summed E-state index contributed by atoms with van der Waals surface area (Å²) in [7, 11) is 12.1. The van der Waals surface area contributed by atoms with Crippen LogP contribution in [0.25, 0.3) is 0 Å². The molecule has 1 aromatic rings. The Morgan fingerprint density at radius 3 is 2.15 bits per heavy atom. The zero-order valence-corrected chi connectivity index (χ0v) is 19.0. The smallest absolute Gasteiger partial charge is 0.426 e. The third-order valence-electron chi connectivity index (χ3n) is 5.55. The van der Waals surface area contributed by atoms with E-state index in [0.717, 1.165) is 0 Å². The Hall–Kier alpha value is -1.95. The zero-order valence-electron chi connectivity index (χ0n) is 18.2.